The number of nitrogens with zero attached hydrogens (tertiary/aromatic N) is 1. The van der Waals surface area contributed by atoms with E-state index in [-0.39, 0.29) is 10.8 Å². The second-order valence-corrected chi connectivity index (χ2v) is 8.71. The molecule has 134 valence electrons. The highest BCUT2D eigenvalue weighted by Crippen LogP contribution is 2.21. The van der Waals surface area contributed by atoms with E-state index in [0.717, 1.165) is 9.13 Å². The summed E-state index contributed by atoms with van der Waals surface area (Å²) in [5.41, 5.74) is 1.75. The molecule has 25 heavy (non-hydrogen) atoms. The fourth-order valence-electron chi connectivity index (χ4n) is 2.45. The number of amides is 1. The van der Waals surface area contributed by atoms with Crippen molar-refractivity contribution in [2.75, 3.05) is 18.4 Å². The molecule has 0 spiro atoms. The Labute approximate surface area is 162 Å². The second kappa shape index (κ2) is 8.29. The van der Waals surface area contributed by atoms with Crippen molar-refractivity contribution in [3.8, 4) is 0 Å². The average Bonchev–Trinajstić information content (AvgIpc) is 2.58. The van der Waals surface area contributed by atoms with Gasteiger partial charge in [0.1, 0.15) is 0 Å². The smallest absolute Gasteiger partial charge is 0.255 e. The zero-order valence-electron chi connectivity index (χ0n) is 14.4. The summed E-state index contributed by atoms with van der Waals surface area (Å²) in [4.78, 5) is 12.7. The van der Waals surface area contributed by atoms with Crippen molar-refractivity contribution in [1.29, 1.82) is 0 Å². The van der Waals surface area contributed by atoms with Gasteiger partial charge >= 0.3 is 0 Å². The zero-order chi connectivity index (χ0) is 18.6. The Bertz CT molecular complexity index is 860. The molecule has 2 aromatic rings. The topological polar surface area (TPSA) is 66.5 Å². The predicted molar refractivity (Wildman–Crippen MR) is 108 cm³/mol. The highest BCUT2D eigenvalue weighted by atomic mass is 127. The summed E-state index contributed by atoms with van der Waals surface area (Å²) in [5.74, 6) is -0.324. The van der Waals surface area contributed by atoms with Crippen LogP contribution in [0.25, 0.3) is 0 Å². The lowest BCUT2D eigenvalue weighted by atomic mass is 10.1. The molecule has 5 nitrogen and oxygen atoms in total. The van der Waals surface area contributed by atoms with Crippen molar-refractivity contribution >= 4 is 44.2 Å². The Morgan fingerprint density at radius 1 is 1.08 bits per heavy atom. The van der Waals surface area contributed by atoms with Crippen LogP contribution in [0, 0.1) is 10.5 Å². The van der Waals surface area contributed by atoms with Crippen molar-refractivity contribution in [2.45, 2.75) is 25.7 Å². The van der Waals surface area contributed by atoms with Crippen molar-refractivity contribution in [2.24, 2.45) is 0 Å². The molecular formula is C18H21IN2O3S. The summed E-state index contributed by atoms with van der Waals surface area (Å²) >= 11 is 2.19. The van der Waals surface area contributed by atoms with Crippen LogP contribution in [0.5, 0.6) is 0 Å². The SMILES string of the molecule is CCN(CC)S(=O)(=O)c1ccc(C)c(C(=O)Nc2ccc(I)cc2)c1. The molecule has 0 atom stereocenters. The number of hydrogen-bond donors (Lipinski definition) is 1. The molecule has 7 heteroatoms. The number of carbonyl (C=O) groups excluding carboxylic acids is 1. The summed E-state index contributed by atoms with van der Waals surface area (Å²) in [5, 5.41) is 2.81. The van der Waals surface area contributed by atoms with Crippen LogP contribution in [0.2, 0.25) is 0 Å². The standard InChI is InChI=1S/C18H21IN2O3S/c1-4-21(5-2)25(23,24)16-11-6-13(3)17(12-16)18(22)20-15-9-7-14(19)8-10-15/h6-12H,4-5H2,1-3H3,(H,20,22). The lowest BCUT2D eigenvalue weighted by Gasteiger charge is -2.19. The van der Waals surface area contributed by atoms with E-state index in [1.54, 1.807) is 32.9 Å². The van der Waals surface area contributed by atoms with E-state index in [9.17, 15) is 13.2 Å². The largest absolute Gasteiger partial charge is 0.322 e. The minimum Gasteiger partial charge on any atom is -0.322 e. The molecule has 0 aromatic heterocycles. The molecular weight excluding hydrogens is 451 g/mol. The number of rotatable bonds is 6. The Morgan fingerprint density at radius 2 is 1.68 bits per heavy atom. The van der Waals surface area contributed by atoms with Crippen molar-refractivity contribution < 1.29 is 13.2 Å². The molecule has 2 rings (SSSR count). The van der Waals surface area contributed by atoms with E-state index in [1.807, 2.05) is 24.3 Å². The fraction of sp³-hybridized carbons (Fsp3) is 0.278. The summed E-state index contributed by atoms with van der Waals surface area (Å²) in [6.07, 6.45) is 0. The minimum absolute atomic E-state index is 0.134. The Balaban J connectivity index is 2.35. The molecule has 0 heterocycles. The van der Waals surface area contributed by atoms with Crippen molar-refractivity contribution in [3.05, 3.63) is 57.2 Å². The van der Waals surface area contributed by atoms with Gasteiger partial charge < -0.3 is 5.32 Å². The van der Waals surface area contributed by atoms with Gasteiger partial charge in [0.05, 0.1) is 4.90 Å². The van der Waals surface area contributed by atoms with Crippen LogP contribution in [0.3, 0.4) is 0 Å². The Kier molecular flexibility index (Phi) is 6.59. The number of nitrogens with one attached hydrogen (secondary N) is 1. The van der Waals surface area contributed by atoms with Gasteiger partial charge in [-0.2, -0.15) is 4.31 Å². The molecule has 0 bridgehead atoms. The molecule has 1 N–H and O–H groups in total. The van der Waals surface area contributed by atoms with E-state index < -0.39 is 10.0 Å². The molecule has 0 radical (unpaired) electrons. The maximum absolute atomic E-state index is 12.7. The van der Waals surface area contributed by atoms with E-state index in [1.165, 1.54) is 10.4 Å². The maximum Gasteiger partial charge on any atom is 0.255 e. The molecule has 0 saturated heterocycles. The summed E-state index contributed by atoms with van der Waals surface area (Å²) in [7, 11) is -3.60. The predicted octanol–water partition coefficient (Wildman–Crippen LogP) is 3.88. The van der Waals surface area contributed by atoms with E-state index in [0.29, 0.717) is 24.3 Å². The highest BCUT2D eigenvalue weighted by molar-refractivity contribution is 14.1. The normalized spacial score (nSPS) is 11.6. The first-order valence-corrected chi connectivity index (χ1v) is 10.5. The quantitative estimate of drug-likeness (QED) is 0.649. The molecule has 0 fully saturated rings. The van der Waals surface area contributed by atoms with E-state index in [2.05, 4.69) is 27.9 Å². The first kappa shape index (κ1) is 19.9. The van der Waals surface area contributed by atoms with Crippen LogP contribution >= 0.6 is 22.6 Å². The van der Waals surface area contributed by atoms with Gasteiger partial charge in [0, 0.05) is 27.9 Å². The summed E-state index contributed by atoms with van der Waals surface area (Å²) < 4.78 is 27.8. The van der Waals surface area contributed by atoms with Crippen LogP contribution in [0.1, 0.15) is 29.8 Å². The Hall–Kier alpha value is -1.45. The molecule has 0 aliphatic heterocycles. The third-order valence-corrected chi connectivity index (χ3v) is 6.66. The molecule has 0 unspecified atom stereocenters. The fourth-order valence-corrected chi connectivity index (χ4v) is 4.29. The third-order valence-electron chi connectivity index (χ3n) is 3.90. The van der Waals surface area contributed by atoms with Gasteiger partial charge in [-0.3, -0.25) is 4.79 Å². The number of sulfonamides is 1. The van der Waals surface area contributed by atoms with Crippen LogP contribution in [0.15, 0.2) is 47.4 Å². The number of hydrogen-bond acceptors (Lipinski definition) is 3. The number of aryl methyl sites for hydroxylation is 1. The van der Waals surface area contributed by atoms with Gasteiger partial charge in [-0.1, -0.05) is 19.9 Å². The van der Waals surface area contributed by atoms with Gasteiger partial charge in [0.15, 0.2) is 0 Å². The van der Waals surface area contributed by atoms with Gasteiger partial charge in [0.25, 0.3) is 5.91 Å². The van der Waals surface area contributed by atoms with Gasteiger partial charge in [-0.15, -0.1) is 0 Å². The van der Waals surface area contributed by atoms with Gasteiger partial charge in [0.2, 0.25) is 10.0 Å². The molecule has 2 aromatic carbocycles. The van der Waals surface area contributed by atoms with Crippen molar-refractivity contribution in [1.82, 2.24) is 4.31 Å². The van der Waals surface area contributed by atoms with Gasteiger partial charge in [-0.05, 0) is 71.5 Å². The molecule has 0 aliphatic rings. The van der Waals surface area contributed by atoms with Gasteiger partial charge in [-0.25, -0.2) is 8.42 Å². The molecule has 0 aliphatic carbocycles. The minimum atomic E-state index is -3.60. The number of anilines is 1. The number of halogens is 1. The highest BCUT2D eigenvalue weighted by Gasteiger charge is 2.23. The lowest BCUT2D eigenvalue weighted by Crippen LogP contribution is -2.30. The lowest BCUT2D eigenvalue weighted by molar-refractivity contribution is 0.102. The third kappa shape index (κ3) is 4.59. The first-order valence-electron chi connectivity index (χ1n) is 7.97. The zero-order valence-corrected chi connectivity index (χ0v) is 17.4. The summed E-state index contributed by atoms with van der Waals surface area (Å²) in [6, 6.07) is 12.1. The van der Waals surface area contributed by atoms with Crippen molar-refractivity contribution in [3.63, 3.8) is 0 Å². The summed E-state index contributed by atoms with van der Waals surface area (Å²) in [6.45, 7) is 6.14. The van der Waals surface area contributed by atoms with Crippen LogP contribution in [-0.2, 0) is 10.0 Å². The Morgan fingerprint density at radius 3 is 2.24 bits per heavy atom. The maximum atomic E-state index is 12.7. The van der Waals surface area contributed by atoms with E-state index >= 15 is 0 Å². The number of benzene rings is 2. The van der Waals surface area contributed by atoms with Crippen LogP contribution in [0.4, 0.5) is 5.69 Å². The first-order chi connectivity index (χ1) is 11.8. The molecule has 1 amide bonds. The monoisotopic (exact) mass is 472 g/mol. The number of carbonyl (C=O) groups is 1. The van der Waals surface area contributed by atoms with Crippen LogP contribution < -0.4 is 5.32 Å². The van der Waals surface area contributed by atoms with Crippen LogP contribution in [-0.4, -0.2) is 31.7 Å². The molecule has 0 saturated carbocycles. The average molecular weight is 472 g/mol. The van der Waals surface area contributed by atoms with E-state index in [4.69, 9.17) is 0 Å². The second-order valence-electron chi connectivity index (χ2n) is 5.53.